The zero-order valence-electron chi connectivity index (χ0n) is 9.04. The molecule has 1 aromatic rings. The van der Waals surface area contributed by atoms with E-state index >= 15 is 0 Å². The summed E-state index contributed by atoms with van der Waals surface area (Å²) in [7, 11) is 0. The standard InChI is InChI=1S/C10H3ClF8O/c11-4-1-2-5(6(12)3-4)7(20)8(13,14)9(15,16)10(17,18)19/h1-3H. The van der Waals surface area contributed by atoms with Crippen molar-refractivity contribution < 1.29 is 39.9 Å². The summed E-state index contributed by atoms with van der Waals surface area (Å²) >= 11 is 5.23. The molecule has 0 heterocycles. The zero-order chi connectivity index (χ0) is 15.9. The summed E-state index contributed by atoms with van der Waals surface area (Å²) in [5.41, 5.74) is -1.62. The van der Waals surface area contributed by atoms with Gasteiger partial charge in [-0.25, -0.2) is 4.39 Å². The van der Waals surface area contributed by atoms with Gasteiger partial charge in [-0.05, 0) is 18.2 Å². The molecular formula is C10H3ClF8O. The molecule has 0 aliphatic carbocycles. The molecule has 0 aromatic heterocycles. The second-order valence-corrected chi connectivity index (χ2v) is 4.04. The molecule has 0 unspecified atom stereocenters. The maximum absolute atomic E-state index is 13.2. The van der Waals surface area contributed by atoms with E-state index in [4.69, 9.17) is 11.6 Å². The second kappa shape index (κ2) is 4.87. The largest absolute Gasteiger partial charge is 0.460 e. The fourth-order valence-corrected chi connectivity index (χ4v) is 1.32. The molecule has 0 bridgehead atoms. The maximum Gasteiger partial charge on any atom is 0.460 e. The lowest BCUT2D eigenvalue weighted by molar-refractivity contribution is -0.339. The average Bonchev–Trinajstić information content (AvgIpc) is 2.26. The lowest BCUT2D eigenvalue weighted by Gasteiger charge is -2.27. The van der Waals surface area contributed by atoms with E-state index in [0.29, 0.717) is 18.2 Å². The van der Waals surface area contributed by atoms with Crippen molar-refractivity contribution >= 4 is 17.4 Å². The summed E-state index contributed by atoms with van der Waals surface area (Å²) in [5.74, 6) is -17.5. The fourth-order valence-electron chi connectivity index (χ4n) is 1.16. The Bertz CT molecular complexity index is 537. The second-order valence-electron chi connectivity index (χ2n) is 3.60. The zero-order valence-corrected chi connectivity index (χ0v) is 9.80. The van der Waals surface area contributed by atoms with Crippen molar-refractivity contribution in [2.45, 2.75) is 18.0 Å². The van der Waals surface area contributed by atoms with Gasteiger partial charge in [0.25, 0.3) is 0 Å². The highest BCUT2D eigenvalue weighted by atomic mass is 35.5. The van der Waals surface area contributed by atoms with Crippen LogP contribution in [0.3, 0.4) is 0 Å². The van der Waals surface area contributed by atoms with Crippen LogP contribution in [0.5, 0.6) is 0 Å². The molecule has 0 aliphatic heterocycles. The van der Waals surface area contributed by atoms with Crippen molar-refractivity contribution in [1.29, 1.82) is 0 Å². The Hall–Kier alpha value is -1.38. The van der Waals surface area contributed by atoms with Gasteiger partial charge in [0.15, 0.2) is 0 Å². The number of hydrogen-bond acceptors (Lipinski definition) is 1. The summed E-state index contributed by atoms with van der Waals surface area (Å²) in [6, 6.07) is 1.32. The van der Waals surface area contributed by atoms with E-state index in [-0.39, 0.29) is 5.02 Å². The van der Waals surface area contributed by atoms with Crippen LogP contribution in [0.15, 0.2) is 18.2 Å². The molecule has 0 N–H and O–H groups in total. The molecule has 10 heteroatoms. The molecule has 20 heavy (non-hydrogen) atoms. The number of carbonyl (C=O) groups is 1. The number of rotatable bonds is 3. The Morgan fingerprint density at radius 1 is 1.00 bits per heavy atom. The van der Waals surface area contributed by atoms with Crippen LogP contribution in [-0.2, 0) is 0 Å². The first kappa shape index (κ1) is 16.7. The third-order valence-electron chi connectivity index (χ3n) is 2.21. The van der Waals surface area contributed by atoms with Gasteiger partial charge in [-0.2, -0.15) is 30.7 Å². The third-order valence-corrected chi connectivity index (χ3v) is 2.45. The van der Waals surface area contributed by atoms with Gasteiger partial charge < -0.3 is 0 Å². The summed E-state index contributed by atoms with van der Waals surface area (Å²) in [5, 5.41) is -0.357. The van der Waals surface area contributed by atoms with Crippen molar-refractivity contribution in [2.24, 2.45) is 0 Å². The highest BCUT2D eigenvalue weighted by Crippen LogP contribution is 2.47. The Kier molecular flexibility index (Phi) is 4.06. The van der Waals surface area contributed by atoms with Crippen molar-refractivity contribution in [3.8, 4) is 0 Å². The molecule has 0 aliphatic rings. The normalized spacial score (nSPS) is 13.4. The SMILES string of the molecule is O=C(c1ccc(Cl)cc1F)C(F)(F)C(F)(F)C(F)(F)F. The summed E-state index contributed by atoms with van der Waals surface area (Å²) in [6.45, 7) is 0. The minimum absolute atomic E-state index is 0.292. The molecule has 0 amide bonds. The topological polar surface area (TPSA) is 17.1 Å². The van der Waals surface area contributed by atoms with Crippen LogP contribution in [0, 0.1) is 5.82 Å². The molecule has 0 saturated heterocycles. The molecule has 1 nitrogen and oxygen atoms in total. The monoisotopic (exact) mass is 326 g/mol. The van der Waals surface area contributed by atoms with Gasteiger partial charge in [0.1, 0.15) is 5.82 Å². The van der Waals surface area contributed by atoms with Gasteiger partial charge in [-0.1, -0.05) is 11.6 Å². The molecule has 1 aromatic carbocycles. The number of benzene rings is 1. The number of alkyl halides is 7. The van der Waals surface area contributed by atoms with E-state index < -0.39 is 35.2 Å². The van der Waals surface area contributed by atoms with Gasteiger partial charge in [-0.3, -0.25) is 4.79 Å². The van der Waals surface area contributed by atoms with Gasteiger partial charge in [0.05, 0.1) is 5.56 Å². The lowest BCUT2D eigenvalue weighted by Crippen LogP contribution is -2.56. The predicted octanol–water partition coefficient (Wildman–Crippen LogP) is 4.49. The smallest absolute Gasteiger partial charge is 0.287 e. The highest BCUT2D eigenvalue weighted by Gasteiger charge is 2.76. The quantitative estimate of drug-likeness (QED) is 0.590. The Labute approximate surface area is 111 Å². The number of halogens is 9. The summed E-state index contributed by atoms with van der Waals surface area (Å²) < 4.78 is 100. The van der Waals surface area contributed by atoms with Gasteiger partial charge in [-0.15, -0.1) is 0 Å². The van der Waals surface area contributed by atoms with Gasteiger partial charge in [0.2, 0.25) is 5.78 Å². The van der Waals surface area contributed by atoms with E-state index in [1.165, 1.54) is 0 Å². The van der Waals surface area contributed by atoms with Gasteiger partial charge in [0, 0.05) is 5.02 Å². The van der Waals surface area contributed by atoms with E-state index in [1.54, 1.807) is 0 Å². The van der Waals surface area contributed by atoms with Crippen molar-refractivity contribution in [3.05, 3.63) is 34.6 Å². The van der Waals surface area contributed by atoms with E-state index in [1.807, 2.05) is 0 Å². The minimum atomic E-state index is -6.67. The number of Topliss-reactive ketones (excluding diaryl/α,β-unsaturated/α-hetero) is 1. The van der Waals surface area contributed by atoms with Crippen LogP contribution in [0.1, 0.15) is 10.4 Å². The Morgan fingerprint density at radius 3 is 1.90 bits per heavy atom. The van der Waals surface area contributed by atoms with E-state index in [2.05, 4.69) is 0 Å². The van der Waals surface area contributed by atoms with Crippen LogP contribution in [0.2, 0.25) is 5.02 Å². The molecule has 0 atom stereocenters. The van der Waals surface area contributed by atoms with Crippen LogP contribution >= 0.6 is 11.6 Å². The summed E-state index contributed by atoms with van der Waals surface area (Å²) in [4.78, 5) is 11.1. The van der Waals surface area contributed by atoms with Crippen molar-refractivity contribution in [1.82, 2.24) is 0 Å². The average molecular weight is 327 g/mol. The highest BCUT2D eigenvalue weighted by molar-refractivity contribution is 6.30. The van der Waals surface area contributed by atoms with Gasteiger partial charge >= 0.3 is 18.0 Å². The molecular weight excluding hydrogens is 324 g/mol. The van der Waals surface area contributed by atoms with Crippen molar-refractivity contribution in [3.63, 3.8) is 0 Å². The van der Waals surface area contributed by atoms with Crippen LogP contribution in [-0.4, -0.2) is 23.8 Å². The molecule has 112 valence electrons. The van der Waals surface area contributed by atoms with E-state index in [9.17, 15) is 39.9 Å². The lowest BCUT2D eigenvalue weighted by atomic mass is 9.99. The fraction of sp³-hybridized carbons (Fsp3) is 0.300. The first-order valence-corrected chi connectivity index (χ1v) is 5.02. The molecule has 0 spiro atoms. The van der Waals surface area contributed by atoms with Crippen LogP contribution in [0.25, 0.3) is 0 Å². The van der Waals surface area contributed by atoms with Crippen LogP contribution < -0.4 is 0 Å². The van der Waals surface area contributed by atoms with Crippen molar-refractivity contribution in [2.75, 3.05) is 0 Å². The first-order valence-electron chi connectivity index (χ1n) is 4.64. The molecule has 0 saturated carbocycles. The number of ketones is 1. The third kappa shape index (κ3) is 2.58. The molecule has 0 radical (unpaired) electrons. The molecule has 1 rings (SSSR count). The number of hydrogen-bond donors (Lipinski definition) is 0. The predicted molar refractivity (Wildman–Crippen MR) is 51.7 cm³/mol. The minimum Gasteiger partial charge on any atom is -0.287 e. The van der Waals surface area contributed by atoms with Crippen LogP contribution in [0.4, 0.5) is 35.1 Å². The Morgan fingerprint density at radius 2 is 1.50 bits per heavy atom. The Balaban J connectivity index is 3.32. The molecule has 0 fully saturated rings. The van der Waals surface area contributed by atoms with E-state index in [0.717, 1.165) is 0 Å². The first-order chi connectivity index (χ1) is 8.82. The summed E-state index contributed by atoms with van der Waals surface area (Å²) in [6.07, 6.45) is -6.67. The number of carbonyl (C=O) groups excluding carboxylic acids is 1. The maximum atomic E-state index is 13.2.